The Bertz CT molecular complexity index is 1240. The van der Waals surface area contributed by atoms with E-state index < -0.39 is 17.7 Å². The molecule has 1 heterocycles. The number of hydrogen-bond donors (Lipinski definition) is 1. The number of rotatable bonds is 7. The van der Waals surface area contributed by atoms with Crippen LogP contribution in [0.2, 0.25) is 0 Å². The minimum Gasteiger partial charge on any atom is -0.493 e. The van der Waals surface area contributed by atoms with Crippen molar-refractivity contribution in [3.05, 3.63) is 94.3 Å². The van der Waals surface area contributed by atoms with Crippen LogP contribution in [0.15, 0.2) is 60.7 Å². The van der Waals surface area contributed by atoms with E-state index in [1.165, 1.54) is 32.4 Å². The van der Waals surface area contributed by atoms with Gasteiger partial charge >= 0.3 is 0 Å². The van der Waals surface area contributed by atoms with Gasteiger partial charge in [-0.15, -0.1) is 0 Å². The van der Waals surface area contributed by atoms with E-state index in [0.717, 1.165) is 10.5 Å². The molecule has 0 fully saturated rings. The standard InChI is InChI=1S/C26H23FN2O5/c1-15(16-8-10-19(27)11-9-16)28-24(30)17-12-18(23(34-3)22(13-17)33-2)14-29-25(31)20-6-4-5-7-21(20)26(29)32/h4-13,15H,14H2,1-3H3,(H,28,30). The Morgan fingerprint density at radius 3 is 2.15 bits per heavy atom. The van der Waals surface area contributed by atoms with Gasteiger partial charge in [0.15, 0.2) is 11.5 Å². The SMILES string of the molecule is COc1cc(C(=O)NC(C)c2ccc(F)cc2)cc(CN2C(=O)c3ccccc3C2=O)c1OC. The van der Waals surface area contributed by atoms with Crippen LogP contribution in [0.3, 0.4) is 0 Å². The van der Waals surface area contributed by atoms with Crippen molar-refractivity contribution in [3.8, 4) is 11.5 Å². The molecule has 0 saturated carbocycles. The zero-order valence-electron chi connectivity index (χ0n) is 18.9. The lowest BCUT2D eigenvalue weighted by Gasteiger charge is -2.20. The van der Waals surface area contributed by atoms with Gasteiger partial charge in [-0.2, -0.15) is 0 Å². The van der Waals surface area contributed by atoms with Crippen molar-refractivity contribution in [2.75, 3.05) is 14.2 Å². The molecular weight excluding hydrogens is 439 g/mol. The van der Waals surface area contributed by atoms with Crippen LogP contribution in [0, 0.1) is 5.82 Å². The molecule has 0 aromatic heterocycles. The van der Waals surface area contributed by atoms with Gasteiger partial charge < -0.3 is 14.8 Å². The van der Waals surface area contributed by atoms with Gasteiger partial charge in [-0.3, -0.25) is 19.3 Å². The average Bonchev–Trinajstić information content (AvgIpc) is 3.08. The summed E-state index contributed by atoms with van der Waals surface area (Å²) in [6, 6.07) is 15.2. The smallest absolute Gasteiger partial charge is 0.261 e. The summed E-state index contributed by atoms with van der Waals surface area (Å²) in [5.41, 5.74) is 2.11. The first-order valence-corrected chi connectivity index (χ1v) is 10.6. The predicted molar refractivity (Wildman–Crippen MR) is 122 cm³/mol. The highest BCUT2D eigenvalue weighted by Crippen LogP contribution is 2.35. The van der Waals surface area contributed by atoms with Crippen molar-refractivity contribution in [2.24, 2.45) is 0 Å². The second-order valence-electron chi connectivity index (χ2n) is 7.86. The third kappa shape index (κ3) is 4.22. The molecule has 0 radical (unpaired) electrons. The van der Waals surface area contributed by atoms with Gasteiger partial charge in [0.25, 0.3) is 17.7 Å². The summed E-state index contributed by atoms with van der Waals surface area (Å²) in [5, 5.41) is 2.87. The summed E-state index contributed by atoms with van der Waals surface area (Å²) in [6.45, 7) is 1.69. The zero-order chi connectivity index (χ0) is 24.4. The molecule has 7 nitrogen and oxygen atoms in total. The number of carbonyl (C=O) groups is 3. The van der Waals surface area contributed by atoms with E-state index in [9.17, 15) is 18.8 Å². The van der Waals surface area contributed by atoms with Gasteiger partial charge in [0, 0.05) is 11.1 Å². The maximum absolute atomic E-state index is 13.2. The monoisotopic (exact) mass is 462 g/mol. The number of ether oxygens (including phenoxy) is 2. The molecule has 4 rings (SSSR count). The molecule has 3 aromatic rings. The fourth-order valence-electron chi connectivity index (χ4n) is 3.96. The molecule has 1 N–H and O–H groups in total. The lowest BCUT2D eigenvalue weighted by molar-refractivity contribution is 0.0641. The predicted octanol–water partition coefficient (Wildman–Crippen LogP) is 4.13. The average molecular weight is 462 g/mol. The summed E-state index contributed by atoms with van der Waals surface area (Å²) in [6.07, 6.45) is 0. The Labute approximate surface area is 196 Å². The van der Waals surface area contributed by atoms with Crippen LogP contribution in [-0.4, -0.2) is 36.8 Å². The number of benzene rings is 3. The molecule has 34 heavy (non-hydrogen) atoms. The number of carbonyl (C=O) groups excluding carboxylic acids is 3. The molecule has 8 heteroatoms. The third-order valence-corrected chi connectivity index (χ3v) is 5.74. The Morgan fingerprint density at radius 1 is 0.971 bits per heavy atom. The highest BCUT2D eigenvalue weighted by atomic mass is 19.1. The largest absolute Gasteiger partial charge is 0.493 e. The molecule has 0 aliphatic carbocycles. The summed E-state index contributed by atoms with van der Waals surface area (Å²) < 4.78 is 24.1. The molecule has 1 aliphatic rings. The van der Waals surface area contributed by atoms with Crippen LogP contribution in [0.25, 0.3) is 0 Å². The zero-order valence-corrected chi connectivity index (χ0v) is 18.9. The number of methoxy groups -OCH3 is 2. The number of fused-ring (bicyclic) bond motifs is 1. The van der Waals surface area contributed by atoms with Crippen molar-refractivity contribution in [1.29, 1.82) is 0 Å². The number of halogens is 1. The van der Waals surface area contributed by atoms with Crippen molar-refractivity contribution < 1.29 is 28.2 Å². The molecule has 3 amide bonds. The van der Waals surface area contributed by atoms with Crippen LogP contribution >= 0.6 is 0 Å². The van der Waals surface area contributed by atoms with Gasteiger partial charge in [-0.1, -0.05) is 24.3 Å². The van der Waals surface area contributed by atoms with Crippen LogP contribution < -0.4 is 14.8 Å². The van der Waals surface area contributed by atoms with E-state index in [0.29, 0.717) is 22.4 Å². The second-order valence-corrected chi connectivity index (χ2v) is 7.86. The minimum absolute atomic E-state index is 0.0967. The van der Waals surface area contributed by atoms with Crippen LogP contribution in [0.4, 0.5) is 4.39 Å². The van der Waals surface area contributed by atoms with Crippen molar-refractivity contribution >= 4 is 17.7 Å². The minimum atomic E-state index is -0.415. The first kappa shape index (κ1) is 23.0. The molecular formula is C26H23FN2O5. The van der Waals surface area contributed by atoms with E-state index in [4.69, 9.17) is 9.47 Å². The quantitative estimate of drug-likeness (QED) is 0.534. The molecule has 0 saturated heterocycles. The highest BCUT2D eigenvalue weighted by molar-refractivity contribution is 6.21. The van der Waals surface area contributed by atoms with E-state index >= 15 is 0 Å². The Morgan fingerprint density at radius 2 is 1.59 bits per heavy atom. The fraction of sp³-hybridized carbons (Fsp3) is 0.192. The Balaban J connectivity index is 1.63. The summed E-state index contributed by atoms with van der Waals surface area (Å²) in [5.74, 6) is -0.984. The number of amides is 3. The van der Waals surface area contributed by atoms with Gasteiger partial charge in [0.1, 0.15) is 5.82 Å². The van der Waals surface area contributed by atoms with Crippen molar-refractivity contribution in [1.82, 2.24) is 10.2 Å². The lowest BCUT2D eigenvalue weighted by atomic mass is 10.0. The highest BCUT2D eigenvalue weighted by Gasteiger charge is 2.36. The number of hydrogen-bond acceptors (Lipinski definition) is 5. The molecule has 1 atom stereocenters. The van der Waals surface area contributed by atoms with Gasteiger partial charge in [0.2, 0.25) is 0 Å². The summed E-state index contributed by atoms with van der Waals surface area (Å²) in [4.78, 5) is 39.8. The van der Waals surface area contributed by atoms with Gasteiger partial charge in [0.05, 0.1) is 37.9 Å². The van der Waals surface area contributed by atoms with Crippen LogP contribution in [0.5, 0.6) is 11.5 Å². The van der Waals surface area contributed by atoms with Gasteiger partial charge in [-0.05, 0) is 48.9 Å². The molecule has 174 valence electrons. The van der Waals surface area contributed by atoms with Crippen molar-refractivity contribution in [2.45, 2.75) is 19.5 Å². The molecule has 1 unspecified atom stereocenters. The molecule has 1 aliphatic heterocycles. The maximum Gasteiger partial charge on any atom is 0.261 e. The Hall–Kier alpha value is -4.20. The number of nitrogens with one attached hydrogen (secondary N) is 1. The molecule has 0 spiro atoms. The maximum atomic E-state index is 13.2. The first-order chi connectivity index (χ1) is 16.3. The van der Waals surface area contributed by atoms with Crippen LogP contribution in [-0.2, 0) is 6.54 Å². The number of imide groups is 1. The van der Waals surface area contributed by atoms with E-state index in [2.05, 4.69) is 5.32 Å². The van der Waals surface area contributed by atoms with E-state index in [1.54, 1.807) is 49.4 Å². The number of nitrogens with zero attached hydrogens (tertiary/aromatic N) is 1. The van der Waals surface area contributed by atoms with E-state index in [1.807, 2.05) is 0 Å². The van der Waals surface area contributed by atoms with Gasteiger partial charge in [-0.25, -0.2) is 4.39 Å². The second kappa shape index (κ2) is 9.35. The third-order valence-electron chi connectivity index (χ3n) is 5.74. The molecule has 0 bridgehead atoms. The summed E-state index contributed by atoms with van der Waals surface area (Å²) in [7, 11) is 2.88. The van der Waals surface area contributed by atoms with Crippen molar-refractivity contribution in [3.63, 3.8) is 0 Å². The first-order valence-electron chi connectivity index (χ1n) is 10.6. The summed E-state index contributed by atoms with van der Waals surface area (Å²) >= 11 is 0. The fourth-order valence-corrected chi connectivity index (χ4v) is 3.96. The normalized spacial score (nSPS) is 13.5. The molecule has 3 aromatic carbocycles. The topological polar surface area (TPSA) is 84.9 Å². The van der Waals surface area contributed by atoms with E-state index in [-0.39, 0.29) is 29.7 Å². The lowest BCUT2D eigenvalue weighted by Crippen LogP contribution is -2.30. The van der Waals surface area contributed by atoms with Crippen LogP contribution in [0.1, 0.15) is 55.2 Å². The Kier molecular flexibility index (Phi) is 6.32.